The molecule has 0 amide bonds. The Kier molecular flexibility index (Phi) is 5.44. The topological polar surface area (TPSA) is 58.6 Å². The SMILES string of the molecule is COCC(C)C(Nc1ccccc1Br)C(=O)O. The van der Waals surface area contributed by atoms with Crippen molar-refractivity contribution in [2.24, 2.45) is 5.92 Å². The van der Waals surface area contributed by atoms with E-state index in [0.29, 0.717) is 6.61 Å². The molecule has 0 heterocycles. The van der Waals surface area contributed by atoms with Gasteiger partial charge in [0.05, 0.1) is 6.61 Å². The number of rotatable bonds is 6. The van der Waals surface area contributed by atoms with Crippen molar-refractivity contribution in [2.45, 2.75) is 13.0 Å². The molecule has 0 saturated heterocycles. The number of para-hydroxylation sites is 1. The Hall–Kier alpha value is -1.07. The predicted molar refractivity (Wildman–Crippen MR) is 70.2 cm³/mol. The molecule has 2 unspecified atom stereocenters. The molecule has 0 aliphatic carbocycles. The first kappa shape index (κ1) is 14.0. The van der Waals surface area contributed by atoms with Crippen LogP contribution in [-0.4, -0.2) is 30.8 Å². The minimum absolute atomic E-state index is 0.121. The van der Waals surface area contributed by atoms with Crippen molar-refractivity contribution in [1.29, 1.82) is 0 Å². The Morgan fingerprint density at radius 1 is 1.53 bits per heavy atom. The monoisotopic (exact) mass is 301 g/mol. The van der Waals surface area contributed by atoms with Gasteiger partial charge in [-0.2, -0.15) is 0 Å². The highest BCUT2D eigenvalue weighted by atomic mass is 79.9. The van der Waals surface area contributed by atoms with Crippen LogP contribution < -0.4 is 5.32 Å². The first-order valence-electron chi connectivity index (χ1n) is 5.29. The smallest absolute Gasteiger partial charge is 0.326 e. The molecular formula is C12H16BrNO3. The summed E-state index contributed by atoms with van der Waals surface area (Å²) >= 11 is 3.38. The summed E-state index contributed by atoms with van der Waals surface area (Å²) in [6, 6.07) is 6.76. The highest BCUT2D eigenvalue weighted by molar-refractivity contribution is 9.10. The highest BCUT2D eigenvalue weighted by Crippen LogP contribution is 2.23. The van der Waals surface area contributed by atoms with E-state index < -0.39 is 12.0 Å². The van der Waals surface area contributed by atoms with E-state index in [1.807, 2.05) is 31.2 Å². The molecule has 2 N–H and O–H groups in total. The lowest BCUT2D eigenvalue weighted by atomic mass is 10.0. The minimum Gasteiger partial charge on any atom is -0.480 e. The Balaban J connectivity index is 2.80. The van der Waals surface area contributed by atoms with Crippen LogP contribution in [0.4, 0.5) is 5.69 Å². The van der Waals surface area contributed by atoms with E-state index in [2.05, 4.69) is 21.2 Å². The molecule has 94 valence electrons. The summed E-state index contributed by atoms with van der Waals surface area (Å²) in [6.45, 7) is 2.24. The zero-order valence-corrected chi connectivity index (χ0v) is 11.4. The van der Waals surface area contributed by atoms with Gasteiger partial charge in [-0.3, -0.25) is 0 Å². The number of carboxylic acid groups (broad SMARTS) is 1. The van der Waals surface area contributed by atoms with Crippen LogP contribution in [0.15, 0.2) is 28.7 Å². The molecule has 1 aromatic rings. The number of aliphatic carboxylic acids is 1. The van der Waals surface area contributed by atoms with Gasteiger partial charge >= 0.3 is 5.97 Å². The van der Waals surface area contributed by atoms with Gasteiger partial charge in [-0.25, -0.2) is 4.79 Å². The van der Waals surface area contributed by atoms with Crippen LogP contribution in [0.5, 0.6) is 0 Å². The highest BCUT2D eigenvalue weighted by Gasteiger charge is 2.24. The van der Waals surface area contributed by atoms with Gasteiger partial charge in [0.2, 0.25) is 0 Å². The van der Waals surface area contributed by atoms with E-state index in [1.165, 1.54) is 0 Å². The predicted octanol–water partition coefficient (Wildman–Crippen LogP) is 2.60. The lowest BCUT2D eigenvalue weighted by Gasteiger charge is -2.22. The first-order valence-corrected chi connectivity index (χ1v) is 6.08. The van der Waals surface area contributed by atoms with Crippen molar-refractivity contribution in [3.05, 3.63) is 28.7 Å². The molecule has 0 fully saturated rings. The Morgan fingerprint density at radius 2 is 2.18 bits per heavy atom. The molecule has 17 heavy (non-hydrogen) atoms. The van der Waals surface area contributed by atoms with Gasteiger partial charge in [-0.15, -0.1) is 0 Å². The molecule has 0 aliphatic rings. The molecule has 0 aromatic heterocycles. The van der Waals surface area contributed by atoms with Crippen LogP contribution in [0.25, 0.3) is 0 Å². The fourth-order valence-corrected chi connectivity index (χ4v) is 1.95. The first-order chi connectivity index (χ1) is 8.06. The van der Waals surface area contributed by atoms with Crippen LogP contribution in [-0.2, 0) is 9.53 Å². The third kappa shape index (κ3) is 4.02. The molecule has 5 heteroatoms. The third-order valence-electron chi connectivity index (χ3n) is 2.45. The van der Waals surface area contributed by atoms with Crippen LogP contribution in [0, 0.1) is 5.92 Å². The molecule has 0 saturated carbocycles. The molecule has 1 rings (SSSR count). The van der Waals surface area contributed by atoms with Crippen molar-refractivity contribution < 1.29 is 14.6 Å². The van der Waals surface area contributed by atoms with Gasteiger partial charge in [0.1, 0.15) is 6.04 Å². The van der Waals surface area contributed by atoms with Crippen LogP contribution in [0.3, 0.4) is 0 Å². The average molecular weight is 302 g/mol. The second-order valence-corrected chi connectivity index (χ2v) is 4.73. The van der Waals surface area contributed by atoms with Gasteiger partial charge in [0.25, 0.3) is 0 Å². The molecule has 0 aliphatic heterocycles. The van der Waals surface area contributed by atoms with Crippen molar-refractivity contribution >= 4 is 27.6 Å². The van der Waals surface area contributed by atoms with Crippen molar-refractivity contribution in [1.82, 2.24) is 0 Å². The lowest BCUT2D eigenvalue weighted by molar-refractivity contribution is -0.139. The quantitative estimate of drug-likeness (QED) is 0.848. The number of ether oxygens (including phenoxy) is 1. The summed E-state index contributed by atoms with van der Waals surface area (Å²) in [4.78, 5) is 11.2. The number of carboxylic acids is 1. The van der Waals surface area contributed by atoms with Gasteiger partial charge < -0.3 is 15.2 Å². The number of hydrogen-bond donors (Lipinski definition) is 2. The maximum absolute atomic E-state index is 11.2. The molecule has 0 bridgehead atoms. The number of nitrogens with one attached hydrogen (secondary N) is 1. The van der Waals surface area contributed by atoms with Gasteiger partial charge in [-0.1, -0.05) is 19.1 Å². The number of anilines is 1. The Morgan fingerprint density at radius 3 is 2.71 bits per heavy atom. The van der Waals surface area contributed by atoms with Gasteiger partial charge in [0, 0.05) is 23.2 Å². The summed E-state index contributed by atoms with van der Waals surface area (Å²) in [5.74, 6) is -1.00. The molecule has 0 radical (unpaired) electrons. The fraction of sp³-hybridized carbons (Fsp3) is 0.417. The summed E-state index contributed by atoms with van der Waals surface area (Å²) in [5, 5.41) is 12.2. The largest absolute Gasteiger partial charge is 0.480 e. The van der Waals surface area contributed by atoms with Gasteiger partial charge in [-0.05, 0) is 28.1 Å². The van der Waals surface area contributed by atoms with Gasteiger partial charge in [0.15, 0.2) is 0 Å². The van der Waals surface area contributed by atoms with Crippen molar-refractivity contribution in [3.8, 4) is 0 Å². The van der Waals surface area contributed by atoms with Crippen LogP contribution in [0.2, 0.25) is 0 Å². The number of benzene rings is 1. The second kappa shape index (κ2) is 6.61. The molecule has 1 aromatic carbocycles. The van der Waals surface area contributed by atoms with Crippen molar-refractivity contribution in [3.63, 3.8) is 0 Å². The van der Waals surface area contributed by atoms with Crippen LogP contribution >= 0.6 is 15.9 Å². The molecule has 4 nitrogen and oxygen atoms in total. The number of methoxy groups -OCH3 is 1. The number of hydrogen-bond acceptors (Lipinski definition) is 3. The lowest BCUT2D eigenvalue weighted by Crippen LogP contribution is -2.37. The van der Waals surface area contributed by atoms with Crippen LogP contribution in [0.1, 0.15) is 6.92 Å². The zero-order chi connectivity index (χ0) is 12.8. The average Bonchev–Trinajstić information content (AvgIpc) is 2.27. The minimum atomic E-state index is -0.884. The number of halogens is 1. The summed E-state index contributed by atoms with van der Waals surface area (Å²) in [7, 11) is 1.56. The maximum Gasteiger partial charge on any atom is 0.326 e. The Bertz CT molecular complexity index is 384. The normalized spacial score (nSPS) is 14.1. The maximum atomic E-state index is 11.2. The van der Waals surface area contributed by atoms with E-state index in [9.17, 15) is 9.90 Å². The van der Waals surface area contributed by atoms with E-state index in [0.717, 1.165) is 10.2 Å². The summed E-state index contributed by atoms with van der Waals surface area (Å²) in [5.41, 5.74) is 0.767. The van der Waals surface area contributed by atoms with E-state index >= 15 is 0 Å². The van der Waals surface area contributed by atoms with E-state index in [4.69, 9.17) is 4.74 Å². The Labute approximate surface area is 109 Å². The van der Waals surface area contributed by atoms with Crippen molar-refractivity contribution in [2.75, 3.05) is 19.0 Å². The third-order valence-corrected chi connectivity index (χ3v) is 3.14. The second-order valence-electron chi connectivity index (χ2n) is 3.87. The standard InChI is InChI=1S/C12H16BrNO3/c1-8(7-17-2)11(12(15)16)14-10-6-4-3-5-9(10)13/h3-6,8,11,14H,7H2,1-2H3,(H,15,16). The molecule has 2 atom stereocenters. The molecule has 0 spiro atoms. The zero-order valence-electron chi connectivity index (χ0n) is 9.81. The molecular weight excluding hydrogens is 286 g/mol. The number of carbonyl (C=O) groups is 1. The van der Waals surface area contributed by atoms with E-state index in [1.54, 1.807) is 7.11 Å². The fourth-order valence-electron chi connectivity index (χ4n) is 1.55. The summed E-state index contributed by atoms with van der Waals surface area (Å²) in [6.07, 6.45) is 0. The summed E-state index contributed by atoms with van der Waals surface area (Å²) < 4.78 is 5.83. The van der Waals surface area contributed by atoms with E-state index in [-0.39, 0.29) is 5.92 Å².